The number of esters is 1. The first-order valence-electron chi connectivity index (χ1n) is 11.6. The summed E-state index contributed by atoms with van der Waals surface area (Å²) in [7, 11) is 1.40. The molecule has 0 aromatic heterocycles. The van der Waals surface area contributed by atoms with Crippen LogP contribution in [-0.4, -0.2) is 30.6 Å². The van der Waals surface area contributed by atoms with E-state index in [1.165, 1.54) is 25.5 Å². The molecule has 0 radical (unpaired) electrons. The van der Waals surface area contributed by atoms with Crippen molar-refractivity contribution in [2.75, 3.05) is 7.11 Å². The number of carbonyl (C=O) groups is 2. The third-order valence-electron chi connectivity index (χ3n) is 8.54. The summed E-state index contributed by atoms with van der Waals surface area (Å²) in [5, 5.41) is 0. The molecule has 1 saturated heterocycles. The highest BCUT2D eigenvalue weighted by atomic mass is 17.2. The Kier molecular flexibility index (Phi) is 6.56. The van der Waals surface area contributed by atoms with Gasteiger partial charge in [0.05, 0.1) is 13.0 Å². The van der Waals surface area contributed by atoms with Crippen LogP contribution in [0.2, 0.25) is 0 Å². The molecule has 1 saturated carbocycles. The van der Waals surface area contributed by atoms with Crippen LogP contribution in [0.15, 0.2) is 11.1 Å². The SMILES string of the molecule is COC(=O)[C@@H](C)[C@@H]1CC[C@](C)(CCC2=C(C)C(=O)C[C@H]3C(C)(C)CCC[C@]23C)OO1. The molecule has 0 N–H and O–H groups in total. The highest BCUT2D eigenvalue weighted by Crippen LogP contribution is 2.59. The van der Waals surface area contributed by atoms with Crippen LogP contribution in [0.25, 0.3) is 0 Å². The van der Waals surface area contributed by atoms with E-state index in [9.17, 15) is 9.59 Å². The number of ketones is 1. The Morgan fingerprint density at radius 2 is 1.90 bits per heavy atom. The van der Waals surface area contributed by atoms with Crippen LogP contribution in [-0.2, 0) is 24.1 Å². The van der Waals surface area contributed by atoms with Crippen molar-refractivity contribution < 1.29 is 24.1 Å². The van der Waals surface area contributed by atoms with Crippen molar-refractivity contribution in [2.24, 2.45) is 22.7 Å². The van der Waals surface area contributed by atoms with Gasteiger partial charge in [-0.05, 0) is 81.6 Å². The minimum atomic E-state index is -0.407. The van der Waals surface area contributed by atoms with Crippen LogP contribution in [0.1, 0.15) is 92.9 Å². The first kappa shape index (κ1) is 23.5. The van der Waals surface area contributed by atoms with Gasteiger partial charge in [-0.15, -0.1) is 0 Å². The van der Waals surface area contributed by atoms with Crippen molar-refractivity contribution in [3.8, 4) is 0 Å². The zero-order chi connectivity index (χ0) is 22.3. The third-order valence-corrected chi connectivity index (χ3v) is 8.54. The number of allylic oxidation sites excluding steroid dienone is 2. The van der Waals surface area contributed by atoms with Crippen molar-refractivity contribution >= 4 is 11.8 Å². The molecule has 0 amide bonds. The van der Waals surface area contributed by atoms with Crippen molar-refractivity contribution in [3.63, 3.8) is 0 Å². The predicted octanol–water partition coefficient (Wildman–Crippen LogP) is 5.57. The molecular formula is C25H40O5. The number of methoxy groups -OCH3 is 1. The van der Waals surface area contributed by atoms with Crippen LogP contribution >= 0.6 is 0 Å². The minimum Gasteiger partial charge on any atom is -0.469 e. The van der Waals surface area contributed by atoms with Crippen molar-refractivity contribution in [1.82, 2.24) is 0 Å². The van der Waals surface area contributed by atoms with Gasteiger partial charge in [0.2, 0.25) is 0 Å². The van der Waals surface area contributed by atoms with Gasteiger partial charge in [-0.2, -0.15) is 0 Å². The van der Waals surface area contributed by atoms with E-state index >= 15 is 0 Å². The molecule has 0 aromatic rings. The van der Waals surface area contributed by atoms with E-state index in [0.29, 0.717) is 18.1 Å². The van der Waals surface area contributed by atoms with E-state index in [1.807, 2.05) is 13.8 Å². The van der Waals surface area contributed by atoms with Gasteiger partial charge in [-0.1, -0.05) is 32.8 Å². The normalized spacial score (nSPS) is 37.5. The predicted molar refractivity (Wildman–Crippen MR) is 116 cm³/mol. The second-order valence-corrected chi connectivity index (χ2v) is 11.1. The Morgan fingerprint density at radius 1 is 1.20 bits per heavy atom. The van der Waals surface area contributed by atoms with Gasteiger partial charge in [0.1, 0.15) is 11.7 Å². The van der Waals surface area contributed by atoms with Crippen molar-refractivity contribution in [2.45, 2.75) is 105 Å². The molecule has 0 bridgehead atoms. The molecule has 2 aliphatic carbocycles. The van der Waals surface area contributed by atoms with E-state index in [-0.39, 0.29) is 28.8 Å². The number of Topliss-reactive ketones (excluding diaryl/α,β-unsaturated/α-hetero) is 1. The van der Waals surface area contributed by atoms with Gasteiger partial charge in [0.25, 0.3) is 0 Å². The van der Waals surface area contributed by atoms with Crippen LogP contribution in [0.5, 0.6) is 0 Å². The highest BCUT2D eigenvalue weighted by molar-refractivity contribution is 5.97. The standard InChI is InChI=1S/C25H40O5/c1-16-18(25(6)12-8-11-23(3,4)21(25)15-19(16)26)9-13-24(5)14-10-20(29-30-24)17(2)22(27)28-7/h17,20-21H,8-15H2,1-7H3/t17-,20-,21-,24-,25+/m0/s1. The van der Waals surface area contributed by atoms with E-state index in [4.69, 9.17) is 14.5 Å². The number of rotatable bonds is 5. The van der Waals surface area contributed by atoms with Gasteiger partial charge >= 0.3 is 5.97 Å². The first-order valence-corrected chi connectivity index (χ1v) is 11.6. The fraction of sp³-hybridized carbons (Fsp3) is 0.840. The quantitative estimate of drug-likeness (QED) is 0.430. The maximum absolute atomic E-state index is 12.9. The van der Waals surface area contributed by atoms with Crippen LogP contribution < -0.4 is 0 Å². The van der Waals surface area contributed by atoms with Gasteiger partial charge in [0.15, 0.2) is 5.78 Å². The molecule has 3 rings (SSSR count). The van der Waals surface area contributed by atoms with Gasteiger partial charge in [-0.3, -0.25) is 9.59 Å². The summed E-state index contributed by atoms with van der Waals surface area (Å²) in [5.74, 6) is 0.115. The molecule has 2 fully saturated rings. The lowest BCUT2D eigenvalue weighted by atomic mass is 9.49. The lowest BCUT2D eigenvalue weighted by molar-refractivity contribution is -0.411. The Hall–Kier alpha value is -1.20. The van der Waals surface area contributed by atoms with E-state index < -0.39 is 5.60 Å². The summed E-state index contributed by atoms with van der Waals surface area (Å²) < 4.78 is 4.83. The van der Waals surface area contributed by atoms with Crippen LogP contribution in [0, 0.1) is 22.7 Å². The molecule has 3 aliphatic rings. The van der Waals surface area contributed by atoms with Gasteiger partial charge < -0.3 is 4.74 Å². The molecule has 30 heavy (non-hydrogen) atoms. The largest absolute Gasteiger partial charge is 0.469 e. The average Bonchev–Trinajstić information content (AvgIpc) is 2.69. The smallest absolute Gasteiger partial charge is 0.311 e. The van der Waals surface area contributed by atoms with Crippen molar-refractivity contribution in [3.05, 3.63) is 11.1 Å². The minimum absolute atomic E-state index is 0.0908. The first-order chi connectivity index (χ1) is 13.9. The van der Waals surface area contributed by atoms with Crippen LogP contribution in [0.3, 0.4) is 0 Å². The fourth-order valence-electron chi connectivity index (χ4n) is 6.34. The van der Waals surface area contributed by atoms with E-state index in [0.717, 1.165) is 37.7 Å². The maximum Gasteiger partial charge on any atom is 0.311 e. The molecular weight excluding hydrogens is 380 g/mol. The molecule has 0 aromatic carbocycles. The van der Waals surface area contributed by atoms with Crippen LogP contribution in [0.4, 0.5) is 0 Å². The second-order valence-electron chi connectivity index (χ2n) is 11.1. The fourth-order valence-corrected chi connectivity index (χ4v) is 6.34. The summed E-state index contributed by atoms with van der Waals surface area (Å²) in [6.07, 6.45) is 7.24. The number of hydrogen-bond donors (Lipinski definition) is 0. The average molecular weight is 421 g/mol. The summed E-state index contributed by atoms with van der Waals surface area (Å²) >= 11 is 0. The monoisotopic (exact) mass is 420 g/mol. The van der Waals surface area contributed by atoms with Gasteiger partial charge in [-0.25, -0.2) is 9.78 Å². The highest BCUT2D eigenvalue weighted by Gasteiger charge is 2.52. The zero-order valence-corrected chi connectivity index (χ0v) is 19.9. The van der Waals surface area contributed by atoms with Gasteiger partial charge in [0, 0.05) is 6.42 Å². The number of ether oxygens (including phenoxy) is 1. The summed E-state index contributed by atoms with van der Waals surface area (Å²) in [6.45, 7) is 13.0. The van der Waals surface area contributed by atoms with Crippen molar-refractivity contribution in [1.29, 1.82) is 0 Å². The van der Waals surface area contributed by atoms with E-state index in [1.54, 1.807) is 0 Å². The lowest BCUT2D eigenvalue weighted by Crippen LogP contribution is -2.48. The Bertz CT molecular complexity index is 713. The summed E-state index contributed by atoms with van der Waals surface area (Å²) in [6, 6.07) is 0. The molecule has 1 heterocycles. The Balaban J connectivity index is 1.71. The zero-order valence-electron chi connectivity index (χ0n) is 19.9. The topological polar surface area (TPSA) is 61.8 Å². The summed E-state index contributed by atoms with van der Waals surface area (Å²) in [4.78, 5) is 36.2. The Morgan fingerprint density at radius 3 is 2.50 bits per heavy atom. The molecule has 5 nitrogen and oxygen atoms in total. The molecule has 5 atom stereocenters. The molecule has 1 aliphatic heterocycles. The second kappa shape index (κ2) is 8.38. The maximum atomic E-state index is 12.9. The lowest BCUT2D eigenvalue weighted by Gasteiger charge is -2.55. The molecule has 0 unspecified atom stereocenters. The number of carbonyl (C=O) groups excluding carboxylic acids is 2. The molecule has 0 spiro atoms. The summed E-state index contributed by atoms with van der Waals surface area (Å²) in [5.41, 5.74) is 2.19. The Labute approximate surface area is 181 Å². The molecule has 5 heteroatoms. The number of fused-ring (bicyclic) bond motifs is 1. The number of hydrogen-bond acceptors (Lipinski definition) is 5. The van der Waals surface area contributed by atoms with E-state index in [2.05, 4.69) is 27.7 Å². The molecule has 170 valence electrons. The third kappa shape index (κ3) is 4.25.